The molecule has 2 aromatic rings. The third-order valence-corrected chi connectivity index (χ3v) is 3.87. The lowest BCUT2D eigenvalue weighted by atomic mass is 9.95. The quantitative estimate of drug-likeness (QED) is 0.868. The fourth-order valence-electron chi connectivity index (χ4n) is 2.59. The molecule has 0 saturated heterocycles. The molecule has 1 heterocycles. The van der Waals surface area contributed by atoms with Crippen LogP contribution in [-0.2, 0) is 11.2 Å². The van der Waals surface area contributed by atoms with E-state index in [-0.39, 0.29) is 11.8 Å². The summed E-state index contributed by atoms with van der Waals surface area (Å²) in [4.78, 5) is 12.6. The maximum atomic E-state index is 12.6. The molecule has 3 rings (SSSR count). The summed E-state index contributed by atoms with van der Waals surface area (Å²) in [6.07, 6.45) is 0.654. The number of hydrazone groups is 1. The summed E-state index contributed by atoms with van der Waals surface area (Å²) in [5, 5.41) is 5.93. The molecule has 0 N–H and O–H groups in total. The van der Waals surface area contributed by atoms with Gasteiger partial charge >= 0.3 is 0 Å². The van der Waals surface area contributed by atoms with E-state index in [1.54, 1.807) is 7.11 Å². The molecule has 1 atom stereocenters. The summed E-state index contributed by atoms with van der Waals surface area (Å²) in [5.41, 5.74) is 2.76. The molecule has 112 valence electrons. The van der Waals surface area contributed by atoms with Gasteiger partial charge in [0.15, 0.2) is 0 Å². The van der Waals surface area contributed by atoms with Gasteiger partial charge in [-0.2, -0.15) is 5.10 Å². The first-order valence-corrected chi connectivity index (χ1v) is 7.26. The van der Waals surface area contributed by atoms with E-state index in [2.05, 4.69) is 5.10 Å². The first-order chi connectivity index (χ1) is 10.7. The molecule has 0 saturated carbocycles. The van der Waals surface area contributed by atoms with Crippen molar-refractivity contribution in [2.45, 2.75) is 13.3 Å². The lowest BCUT2D eigenvalue weighted by molar-refractivity contribution is -0.119. The lowest BCUT2D eigenvalue weighted by Gasteiger charge is -2.14. The van der Waals surface area contributed by atoms with Crippen LogP contribution in [0.1, 0.15) is 12.5 Å². The number of benzene rings is 2. The maximum Gasteiger partial charge on any atom is 0.256 e. The van der Waals surface area contributed by atoms with Crippen molar-refractivity contribution in [2.75, 3.05) is 12.1 Å². The zero-order chi connectivity index (χ0) is 15.5. The van der Waals surface area contributed by atoms with Crippen molar-refractivity contribution in [2.24, 2.45) is 11.0 Å². The van der Waals surface area contributed by atoms with E-state index in [1.807, 2.05) is 61.5 Å². The van der Waals surface area contributed by atoms with Crippen LogP contribution in [0.5, 0.6) is 5.75 Å². The molecule has 1 amide bonds. The molecule has 0 aromatic heterocycles. The highest BCUT2D eigenvalue weighted by molar-refractivity contribution is 6.14. The molecule has 0 spiro atoms. The molecule has 1 aliphatic heterocycles. The predicted octanol–water partition coefficient (Wildman–Crippen LogP) is 3.28. The van der Waals surface area contributed by atoms with Crippen molar-refractivity contribution in [3.8, 4) is 5.75 Å². The van der Waals surface area contributed by atoms with Crippen LogP contribution in [0, 0.1) is 5.92 Å². The first-order valence-electron chi connectivity index (χ1n) is 7.26. The number of carbonyl (C=O) groups excluding carboxylic acids is 1. The third kappa shape index (κ3) is 2.72. The summed E-state index contributed by atoms with van der Waals surface area (Å²) >= 11 is 0. The van der Waals surface area contributed by atoms with Crippen LogP contribution >= 0.6 is 0 Å². The van der Waals surface area contributed by atoms with E-state index >= 15 is 0 Å². The molecular weight excluding hydrogens is 276 g/mol. The van der Waals surface area contributed by atoms with Crippen molar-refractivity contribution in [3.63, 3.8) is 0 Å². The third-order valence-electron chi connectivity index (χ3n) is 3.87. The number of hydrogen-bond acceptors (Lipinski definition) is 3. The minimum Gasteiger partial charge on any atom is -0.497 e. The molecule has 0 fully saturated rings. The van der Waals surface area contributed by atoms with Crippen LogP contribution in [0.15, 0.2) is 59.7 Å². The van der Waals surface area contributed by atoms with Crippen molar-refractivity contribution < 1.29 is 9.53 Å². The van der Waals surface area contributed by atoms with E-state index < -0.39 is 0 Å². The smallest absolute Gasteiger partial charge is 0.256 e. The van der Waals surface area contributed by atoms with Crippen molar-refractivity contribution in [3.05, 3.63) is 60.2 Å². The van der Waals surface area contributed by atoms with Crippen LogP contribution in [0.4, 0.5) is 5.69 Å². The summed E-state index contributed by atoms with van der Waals surface area (Å²) in [6.45, 7) is 1.91. The van der Waals surface area contributed by atoms with Crippen molar-refractivity contribution >= 4 is 17.3 Å². The molecule has 1 aliphatic rings. The average molecular weight is 294 g/mol. The van der Waals surface area contributed by atoms with Gasteiger partial charge in [-0.05, 0) is 43.2 Å². The van der Waals surface area contributed by atoms with Gasteiger partial charge in [0.2, 0.25) is 0 Å². The Morgan fingerprint density at radius 2 is 1.77 bits per heavy atom. The standard InChI is InChI=1S/C18H18N2O2/c1-13-17(12-14-8-10-16(22-2)11-9-14)18(21)20(19-13)15-6-4-3-5-7-15/h3-11,17H,12H2,1-2H3/t17-/m0/s1. The van der Waals surface area contributed by atoms with Gasteiger partial charge in [-0.25, -0.2) is 5.01 Å². The Bertz CT molecular complexity index is 693. The second-order valence-corrected chi connectivity index (χ2v) is 5.33. The Morgan fingerprint density at radius 3 is 2.41 bits per heavy atom. The van der Waals surface area contributed by atoms with Crippen LogP contribution in [0.2, 0.25) is 0 Å². The average Bonchev–Trinajstić information content (AvgIpc) is 2.84. The fraction of sp³-hybridized carbons (Fsp3) is 0.222. The van der Waals surface area contributed by atoms with E-state index in [9.17, 15) is 4.79 Å². The Hall–Kier alpha value is -2.62. The Labute approximate surface area is 130 Å². The minimum absolute atomic E-state index is 0.0273. The van der Waals surface area contributed by atoms with Gasteiger partial charge in [0, 0.05) is 5.71 Å². The first kappa shape index (κ1) is 14.3. The molecule has 4 heteroatoms. The summed E-state index contributed by atoms with van der Waals surface area (Å²) < 4.78 is 5.16. The van der Waals surface area contributed by atoms with Gasteiger partial charge in [0.25, 0.3) is 5.91 Å². The second-order valence-electron chi connectivity index (χ2n) is 5.33. The van der Waals surface area contributed by atoms with Gasteiger partial charge in [0.05, 0.1) is 18.7 Å². The normalized spacial score (nSPS) is 17.5. The summed E-state index contributed by atoms with van der Waals surface area (Å²) in [5.74, 6) is 0.644. The van der Waals surface area contributed by atoms with Crippen LogP contribution < -0.4 is 9.75 Å². The largest absolute Gasteiger partial charge is 0.497 e. The Morgan fingerprint density at radius 1 is 1.09 bits per heavy atom. The zero-order valence-electron chi connectivity index (χ0n) is 12.7. The number of ether oxygens (including phenoxy) is 1. The van der Waals surface area contributed by atoms with Crippen LogP contribution in [-0.4, -0.2) is 18.7 Å². The molecule has 2 aromatic carbocycles. The lowest BCUT2D eigenvalue weighted by Crippen LogP contribution is -2.28. The van der Waals surface area contributed by atoms with Crippen molar-refractivity contribution in [1.29, 1.82) is 0 Å². The zero-order valence-corrected chi connectivity index (χ0v) is 12.7. The van der Waals surface area contributed by atoms with Crippen molar-refractivity contribution in [1.82, 2.24) is 0 Å². The number of anilines is 1. The highest BCUT2D eigenvalue weighted by Gasteiger charge is 2.34. The van der Waals surface area contributed by atoms with Gasteiger partial charge in [-0.15, -0.1) is 0 Å². The number of rotatable bonds is 4. The maximum absolute atomic E-state index is 12.6. The van der Waals surface area contributed by atoms with Crippen LogP contribution in [0.3, 0.4) is 0 Å². The second kappa shape index (κ2) is 6.02. The molecule has 0 bridgehead atoms. The molecule has 0 unspecified atom stereocenters. The number of para-hydroxylation sites is 1. The van der Waals surface area contributed by atoms with E-state index in [1.165, 1.54) is 5.01 Å². The predicted molar refractivity (Wildman–Crippen MR) is 87.2 cm³/mol. The molecular formula is C18H18N2O2. The molecule has 4 nitrogen and oxygen atoms in total. The summed E-state index contributed by atoms with van der Waals surface area (Å²) in [7, 11) is 1.64. The topological polar surface area (TPSA) is 41.9 Å². The van der Waals surface area contributed by atoms with E-state index in [0.29, 0.717) is 6.42 Å². The number of carbonyl (C=O) groups is 1. The molecule has 0 aliphatic carbocycles. The molecule has 22 heavy (non-hydrogen) atoms. The van der Waals surface area contributed by atoms with Crippen LogP contribution in [0.25, 0.3) is 0 Å². The summed E-state index contributed by atoms with van der Waals surface area (Å²) in [6, 6.07) is 17.3. The number of amides is 1. The van der Waals surface area contributed by atoms with E-state index in [4.69, 9.17) is 4.74 Å². The highest BCUT2D eigenvalue weighted by Crippen LogP contribution is 2.26. The van der Waals surface area contributed by atoms with Gasteiger partial charge < -0.3 is 4.74 Å². The van der Waals surface area contributed by atoms with Gasteiger partial charge in [0.1, 0.15) is 5.75 Å². The Kier molecular flexibility index (Phi) is 3.92. The Balaban J connectivity index is 1.78. The number of hydrogen-bond donors (Lipinski definition) is 0. The number of nitrogens with zero attached hydrogens (tertiary/aromatic N) is 2. The van der Waals surface area contributed by atoms with E-state index in [0.717, 1.165) is 22.7 Å². The SMILES string of the molecule is COc1ccc(C[C@@H]2C(=O)N(c3ccccc3)N=C2C)cc1. The number of methoxy groups -OCH3 is 1. The monoisotopic (exact) mass is 294 g/mol. The minimum atomic E-state index is -0.200. The highest BCUT2D eigenvalue weighted by atomic mass is 16.5. The molecule has 0 radical (unpaired) electrons. The van der Waals surface area contributed by atoms with Gasteiger partial charge in [-0.3, -0.25) is 4.79 Å². The van der Waals surface area contributed by atoms with Gasteiger partial charge in [-0.1, -0.05) is 30.3 Å². The fourth-order valence-corrected chi connectivity index (χ4v) is 2.59.